The molecule has 3 aromatic rings. The van der Waals surface area contributed by atoms with Crippen LogP contribution in [0.5, 0.6) is 0 Å². The lowest BCUT2D eigenvalue weighted by Crippen LogP contribution is -2.49. The van der Waals surface area contributed by atoms with Crippen LogP contribution in [0, 0.1) is 6.92 Å². The van der Waals surface area contributed by atoms with Crippen LogP contribution in [0.3, 0.4) is 0 Å². The first-order valence-corrected chi connectivity index (χ1v) is 9.82. The van der Waals surface area contributed by atoms with Gasteiger partial charge in [0.1, 0.15) is 11.6 Å². The van der Waals surface area contributed by atoms with Gasteiger partial charge in [-0.25, -0.2) is 19.3 Å². The van der Waals surface area contributed by atoms with Crippen LogP contribution < -0.4 is 20.4 Å². The molecule has 5 rings (SSSR count). The Morgan fingerprint density at radius 2 is 2.21 bits per heavy atom. The lowest BCUT2D eigenvalue weighted by molar-refractivity contribution is 0.257. The molecule has 10 heteroatoms. The second-order valence-electron chi connectivity index (χ2n) is 7.51. The maximum Gasteiger partial charge on any atom is 0.327 e. The van der Waals surface area contributed by atoms with Crippen LogP contribution in [0.1, 0.15) is 18.3 Å². The van der Waals surface area contributed by atoms with E-state index in [4.69, 9.17) is 0 Å². The van der Waals surface area contributed by atoms with Gasteiger partial charge < -0.3 is 15.5 Å². The van der Waals surface area contributed by atoms with E-state index in [1.807, 2.05) is 0 Å². The van der Waals surface area contributed by atoms with E-state index in [9.17, 15) is 4.79 Å². The number of piperazine rings is 1. The van der Waals surface area contributed by atoms with Crippen LogP contribution in [-0.2, 0) is 6.42 Å². The molecule has 0 saturated carbocycles. The molecule has 1 fully saturated rings. The van der Waals surface area contributed by atoms with Gasteiger partial charge in [0.25, 0.3) is 5.78 Å². The number of rotatable bonds is 2. The van der Waals surface area contributed by atoms with Crippen molar-refractivity contribution in [3.05, 3.63) is 36.0 Å². The van der Waals surface area contributed by atoms with Crippen LogP contribution in [0.25, 0.3) is 5.78 Å². The Hall–Kier alpha value is -3.27. The molecule has 0 aliphatic carbocycles. The Morgan fingerprint density at radius 1 is 1.31 bits per heavy atom. The third-order valence-electron chi connectivity index (χ3n) is 5.35. The van der Waals surface area contributed by atoms with E-state index in [1.54, 1.807) is 34.9 Å². The van der Waals surface area contributed by atoms with Crippen LogP contribution in [0.15, 0.2) is 24.7 Å². The minimum absolute atomic E-state index is 0.222. The second-order valence-corrected chi connectivity index (χ2v) is 7.51. The number of anilines is 3. The van der Waals surface area contributed by atoms with Crippen molar-refractivity contribution in [3.8, 4) is 0 Å². The van der Waals surface area contributed by atoms with Gasteiger partial charge in [0, 0.05) is 49.7 Å². The van der Waals surface area contributed by atoms with Gasteiger partial charge >= 0.3 is 6.03 Å². The van der Waals surface area contributed by atoms with Crippen molar-refractivity contribution in [3.63, 3.8) is 0 Å². The van der Waals surface area contributed by atoms with Crippen molar-refractivity contribution in [1.29, 1.82) is 0 Å². The molecule has 2 amide bonds. The second kappa shape index (κ2) is 6.96. The zero-order valence-corrected chi connectivity index (χ0v) is 16.5. The number of pyridine rings is 1. The van der Waals surface area contributed by atoms with E-state index in [0.29, 0.717) is 29.9 Å². The summed E-state index contributed by atoms with van der Waals surface area (Å²) in [6.45, 7) is 7.46. The molecular formula is C19H23N9O. The van der Waals surface area contributed by atoms with E-state index in [1.165, 1.54) is 5.69 Å². The van der Waals surface area contributed by atoms with E-state index in [2.05, 4.69) is 48.6 Å². The molecule has 2 aliphatic heterocycles. The van der Waals surface area contributed by atoms with Crippen LogP contribution >= 0.6 is 0 Å². The minimum Gasteiger partial charge on any atom is -0.368 e. The highest BCUT2D eigenvalue weighted by Crippen LogP contribution is 2.34. The molecule has 0 unspecified atom stereocenters. The zero-order chi connectivity index (χ0) is 20.0. The first-order chi connectivity index (χ1) is 14.1. The molecule has 2 N–H and O–H groups in total. The number of nitrogens with one attached hydrogen (secondary N) is 2. The average Bonchev–Trinajstić information content (AvgIpc) is 3.30. The van der Waals surface area contributed by atoms with E-state index < -0.39 is 0 Å². The Balaban J connectivity index is 1.38. The number of nitrogens with zero attached hydrogens (tertiary/aromatic N) is 7. The van der Waals surface area contributed by atoms with Gasteiger partial charge in [0.2, 0.25) is 0 Å². The van der Waals surface area contributed by atoms with Gasteiger partial charge in [-0.05, 0) is 26.3 Å². The Morgan fingerprint density at radius 3 is 3.07 bits per heavy atom. The fraction of sp³-hybridized carbons (Fsp3) is 0.421. The highest BCUT2D eigenvalue weighted by molar-refractivity contribution is 6.02. The summed E-state index contributed by atoms with van der Waals surface area (Å²) in [7, 11) is 0. The molecule has 1 saturated heterocycles. The Labute approximate surface area is 168 Å². The topological polar surface area (TPSA) is 104 Å². The molecule has 2 aliphatic rings. The third-order valence-corrected chi connectivity index (χ3v) is 5.35. The van der Waals surface area contributed by atoms with Gasteiger partial charge in [-0.15, -0.1) is 0 Å². The fourth-order valence-corrected chi connectivity index (χ4v) is 4.06. The molecule has 1 atom stereocenters. The fourth-order valence-electron chi connectivity index (χ4n) is 4.06. The highest BCUT2D eigenvalue weighted by atomic mass is 16.2. The largest absolute Gasteiger partial charge is 0.368 e. The van der Waals surface area contributed by atoms with Crippen molar-refractivity contribution in [2.24, 2.45) is 0 Å². The van der Waals surface area contributed by atoms with Crippen LogP contribution in [0.4, 0.5) is 22.0 Å². The Kier molecular flexibility index (Phi) is 4.27. The SMILES string of the molecule is Cc1nc2ncc(NC(=O)N3CCc4c(N5CCN[C@@H](C)C5)ccnc43)cn2n1. The number of hydrogen-bond donors (Lipinski definition) is 2. The van der Waals surface area contributed by atoms with Crippen molar-refractivity contribution < 1.29 is 4.79 Å². The standard InChI is InChI=1S/C19H23N9O/c1-12-10-26(8-6-20-12)16-3-5-21-17-15(16)4-7-27(17)19(29)24-14-9-22-18-23-13(2)25-28(18)11-14/h3,5,9,11-12,20H,4,6-8,10H2,1-2H3,(H,24,29)/t12-/m0/s1. The van der Waals surface area contributed by atoms with Crippen molar-refractivity contribution in [2.75, 3.05) is 41.3 Å². The van der Waals surface area contributed by atoms with E-state index in [0.717, 1.165) is 37.4 Å². The number of fused-ring (bicyclic) bond motifs is 2. The van der Waals surface area contributed by atoms with Crippen molar-refractivity contribution in [1.82, 2.24) is 29.9 Å². The smallest absolute Gasteiger partial charge is 0.327 e. The number of aromatic nitrogens is 5. The number of carbonyl (C=O) groups is 1. The molecule has 0 radical (unpaired) electrons. The lowest BCUT2D eigenvalue weighted by Gasteiger charge is -2.34. The number of aryl methyl sites for hydroxylation is 1. The monoisotopic (exact) mass is 393 g/mol. The molecular weight excluding hydrogens is 370 g/mol. The third kappa shape index (κ3) is 3.25. The van der Waals surface area contributed by atoms with Crippen LogP contribution in [-0.4, -0.2) is 62.8 Å². The number of amides is 2. The summed E-state index contributed by atoms with van der Waals surface area (Å²) < 4.78 is 1.56. The first-order valence-electron chi connectivity index (χ1n) is 9.82. The first kappa shape index (κ1) is 17.8. The average molecular weight is 393 g/mol. The molecule has 5 heterocycles. The maximum absolute atomic E-state index is 12.9. The molecule has 3 aromatic heterocycles. The van der Waals surface area contributed by atoms with Gasteiger partial charge in [-0.2, -0.15) is 10.1 Å². The lowest BCUT2D eigenvalue weighted by atomic mass is 10.1. The summed E-state index contributed by atoms with van der Waals surface area (Å²) in [6.07, 6.45) is 5.88. The van der Waals surface area contributed by atoms with Gasteiger partial charge in [-0.1, -0.05) is 0 Å². The van der Waals surface area contributed by atoms with E-state index >= 15 is 0 Å². The summed E-state index contributed by atoms with van der Waals surface area (Å²) in [5.74, 6) is 1.87. The molecule has 0 spiro atoms. The van der Waals surface area contributed by atoms with E-state index in [-0.39, 0.29) is 6.03 Å². The zero-order valence-electron chi connectivity index (χ0n) is 16.5. The van der Waals surface area contributed by atoms with Gasteiger partial charge in [0.05, 0.1) is 18.1 Å². The van der Waals surface area contributed by atoms with Gasteiger partial charge in [0.15, 0.2) is 0 Å². The molecule has 29 heavy (non-hydrogen) atoms. The summed E-state index contributed by atoms with van der Waals surface area (Å²) in [6, 6.07) is 2.28. The maximum atomic E-state index is 12.9. The molecule has 150 valence electrons. The number of urea groups is 1. The highest BCUT2D eigenvalue weighted by Gasteiger charge is 2.30. The predicted octanol–water partition coefficient (Wildman–Crippen LogP) is 1.22. The van der Waals surface area contributed by atoms with Gasteiger partial charge in [-0.3, -0.25) is 4.90 Å². The van der Waals surface area contributed by atoms with Crippen LogP contribution in [0.2, 0.25) is 0 Å². The normalized spacial score (nSPS) is 18.9. The summed E-state index contributed by atoms with van der Waals surface area (Å²) in [5, 5.41) is 10.6. The minimum atomic E-state index is -0.222. The molecule has 0 aromatic carbocycles. The van der Waals surface area contributed by atoms with Crippen molar-refractivity contribution >= 4 is 29.0 Å². The summed E-state index contributed by atoms with van der Waals surface area (Å²) >= 11 is 0. The summed E-state index contributed by atoms with van der Waals surface area (Å²) in [5.41, 5.74) is 2.88. The number of carbonyl (C=O) groups excluding carboxylic acids is 1. The van der Waals surface area contributed by atoms with Crippen molar-refractivity contribution in [2.45, 2.75) is 26.3 Å². The summed E-state index contributed by atoms with van der Waals surface area (Å²) in [4.78, 5) is 30.0. The predicted molar refractivity (Wildman–Crippen MR) is 110 cm³/mol. The quantitative estimate of drug-likeness (QED) is 0.675. The molecule has 0 bridgehead atoms. The Bertz CT molecular complexity index is 1080. The molecule has 10 nitrogen and oxygen atoms in total. The number of hydrogen-bond acceptors (Lipinski definition) is 7.